The summed E-state index contributed by atoms with van der Waals surface area (Å²) >= 11 is 0. The van der Waals surface area contributed by atoms with Gasteiger partial charge in [-0.15, -0.1) is 0 Å². The number of hydrogen-bond donors (Lipinski definition) is 0. The van der Waals surface area contributed by atoms with Crippen LogP contribution in [0.4, 0.5) is 0 Å². The molecule has 0 heterocycles. The minimum Gasteiger partial charge on any atom is -0.460 e. The molecule has 0 fully saturated rings. The summed E-state index contributed by atoms with van der Waals surface area (Å²) in [6, 6.07) is 0. The van der Waals surface area contributed by atoms with Gasteiger partial charge in [0.25, 0.3) is 0 Å². The summed E-state index contributed by atoms with van der Waals surface area (Å²) in [7, 11) is 1.65. The van der Waals surface area contributed by atoms with Gasteiger partial charge in [0, 0.05) is 13.5 Å². The second-order valence-corrected chi connectivity index (χ2v) is 8.00. The minimum absolute atomic E-state index is 0.105. The Bertz CT molecular complexity index is 335. The molecule has 0 aromatic rings. The molecule has 5 heteroatoms. The van der Waals surface area contributed by atoms with Gasteiger partial charge in [0.05, 0.1) is 19.3 Å². The largest absolute Gasteiger partial charge is 0.460 e. The Hall–Kier alpha value is -0.650. The van der Waals surface area contributed by atoms with E-state index in [2.05, 4.69) is 27.7 Å². The first-order valence-electron chi connectivity index (χ1n) is 8.97. The molecule has 24 heavy (non-hydrogen) atoms. The highest BCUT2D eigenvalue weighted by Gasteiger charge is 2.25. The second-order valence-electron chi connectivity index (χ2n) is 8.00. The first-order valence-corrected chi connectivity index (χ1v) is 8.97. The summed E-state index contributed by atoms with van der Waals surface area (Å²) < 4.78 is 21.7. The highest BCUT2D eigenvalue weighted by atomic mass is 16.7. The standard InChI is InChI=1S/C19H38O5/c1-14(2)18(23-13-22-10-9-21-8)16(4)11-15(3)12-17(20)24-19(5,6)7/h14-16,18H,9-13H2,1-8H3/t15-,16+,18-/m1/s1. The maximum Gasteiger partial charge on any atom is 0.306 e. The molecule has 0 saturated carbocycles. The first kappa shape index (κ1) is 23.4. The Morgan fingerprint density at radius 1 is 1.04 bits per heavy atom. The quantitative estimate of drug-likeness (QED) is 0.303. The summed E-state index contributed by atoms with van der Waals surface area (Å²) in [5.41, 5.74) is -0.425. The van der Waals surface area contributed by atoms with Crippen LogP contribution in [0.2, 0.25) is 0 Å². The Morgan fingerprint density at radius 3 is 2.17 bits per heavy atom. The van der Waals surface area contributed by atoms with Crippen LogP contribution < -0.4 is 0 Å². The zero-order valence-corrected chi connectivity index (χ0v) is 16.9. The van der Waals surface area contributed by atoms with Crippen molar-refractivity contribution in [2.75, 3.05) is 27.1 Å². The summed E-state index contributed by atoms with van der Waals surface area (Å²) in [5.74, 6) is 0.856. The topological polar surface area (TPSA) is 54.0 Å². The molecule has 0 aromatic heterocycles. The predicted molar refractivity (Wildman–Crippen MR) is 95.8 cm³/mol. The van der Waals surface area contributed by atoms with Crippen LogP contribution >= 0.6 is 0 Å². The summed E-state index contributed by atoms with van der Waals surface area (Å²) in [4.78, 5) is 11.9. The van der Waals surface area contributed by atoms with E-state index in [0.717, 1.165) is 6.42 Å². The van der Waals surface area contributed by atoms with E-state index in [-0.39, 0.29) is 24.8 Å². The van der Waals surface area contributed by atoms with Crippen molar-refractivity contribution in [1.29, 1.82) is 0 Å². The second kappa shape index (κ2) is 11.8. The molecule has 0 aromatic carbocycles. The number of carbonyl (C=O) groups is 1. The number of rotatable bonds is 12. The minimum atomic E-state index is -0.425. The molecule has 0 rings (SSSR count). The fourth-order valence-corrected chi connectivity index (χ4v) is 2.86. The van der Waals surface area contributed by atoms with Crippen LogP contribution in [0.1, 0.15) is 61.3 Å². The molecule has 0 bridgehead atoms. The van der Waals surface area contributed by atoms with Gasteiger partial charge in [0.2, 0.25) is 0 Å². The van der Waals surface area contributed by atoms with Gasteiger partial charge in [-0.25, -0.2) is 0 Å². The average molecular weight is 347 g/mol. The van der Waals surface area contributed by atoms with E-state index in [4.69, 9.17) is 18.9 Å². The third-order valence-corrected chi connectivity index (χ3v) is 3.70. The van der Waals surface area contributed by atoms with Crippen molar-refractivity contribution in [1.82, 2.24) is 0 Å². The average Bonchev–Trinajstić information content (AvgIpc) is 2.39. The van der Waals surface area contributed by atoms with Crippen molar-refractivity contribution >= 4 is 5.97 Å². The van der Waals surface area contributed by atoms with Gasteiger partial charge in [-0.1, -0.05) is 27.7 Å². The monoisotopic (exact) mass is 346 g/mol. The van der Waals surface area contributed by atoms with Gasteiger partial charge >= 0.3 is 5.97 Å². The van der Waals surface area contributed by atoms with Crippen LogP contribution in [0.25, 0.3) is 0 Å². The molecular weight excluding hydrogens is 308 g/mol. The molecule has 0 aliphatic heterocycles. The predicted octanol–water partition coefficient (Wildman–Crippen LogP) is 4.04. The van der Waals surface area contributed by atoms with Crippen molar-refractivity contribution in [2.24, 2.45) is 17.8 Å². The molecule has 0 aliphatic rings. The molecule has 0 saturated heterocycles. The molecule has 0 aliphatic carbocycles. The van der Waals surface area contributed by atoms with E-state index in [9.17, 15) is 4.79 Å². The number of esters is 1. The lowest BCUT2D eigenvalue weighted by atomic mass is 9.86. The van der Waals surface area contributed by atoms with E-state index >= 15 is 0 Å². The van der Waals surface area contributed by atoms with Gasteiger partial charge in [0.1, 0.15) is 12.4 Å². The highest BCUT2D eigenvalue weighted by Crippen LogP contribution is 2.25. The normalized spacial score (nSPS) is 16.0. The lowest BCUT2D eigenvalue weighted by molar-refractivity contribution is -0.156. The molecule has 5 nitrogen and oxygen atoms in total. The maximum absolute atomic E-state index is 11.9. The third kappa shape index (κ3) is 11.8. The maximum atomic E-state index is 11.9. The number of ether oxygens (including phenoxy) is 4. The van der Waals surface area contributed by atoms with E-state index in [1.165, 1.54) is 0 Å². The Balaban J connectivity index is 4.29. The Morgan fingerprint density at radius 2 is 1.67 bits per heavy atom. The van der Waals surface area contributed by atoms with E-state index in [0.29, 0.717) is 31.5 Å². The van der Waals surface area contributed by atoms with Crippen molar-refractivity contribution in [3.05, 3.63) is 0 Å². The van der Waals surface area contributed by atoms with Crippen LogP contribution in [0.5, 0.6) is 0 Å². The van der Waals surface area contributed by atoms with Gasteiger partial charge in [0.15, 0.2) is 0 Å². The van der Waals surface area contributed by atoms with Crippen LogP contribution in [0, 0.1) is 17.8 Å². The van der Waals surface area contributed by atoms with E-state index < -0.39 is 5.60 Å². The molecule has 0 unspecified atom stereocenters. The zero-order valence-electron chi connectivity index (χ0n) is 16.9. The first-order chi connectivity index (χ1) is 11.1. The molecule has 0 radical (unpaired) electrons. The van der Waals surface area contributed by atoms with Crippen LogP contribution in [0.3, 0.4) is 0 Å². The van der Waals surface area contributed by atoms with E-state index in [1.807, 2.05) is 20.8 Å². The van der Waals surface area contributed by atoms with Crippen LogP contribution in [-0.2, 0) is 23.7 Å². The van der Waals surface area contributed by atoms with E-state index in [1.54, 1.807) is 7.11 Å². The highest BCUT2D eigenvalue weighted by molar-refractivity contribution is 5.70. The van der Waals surface area contributed by atoms with Gasteiger partial charge < -0.3 is 18.9 Å². The summed E-state index contributed by atoms with van der Waals surface area (Å²) in [6.45, 7) is 15.6. The lowest BCUT2D eigenvalue weighted by Crippen LogP contribution is -2.31. The van der Waals surface area contributed by atoms with Gasteiger partial charge in [-0.3, -0.25) is 4.79 Å². The van der Waals surface area contributed by atoms with Gasteiger partial charge in [-0.2, -0.15) is 0 Å². The van der Waals surface area contributed by atoms with Gasteiger partial charge in [-0.05, 0) is 44.9 Å². The molecule has 144 valence electrons. The number of carbonyl (C=O) groups excluding carboxylic acids is 1. The van der Waals surface area contributed by atoms with Crippen molar-refractivity contribution in [3.8, 4) is 0 Å². The SMILES string of the molecule is COCCOCO[C@H](C(C)C)[C@@H](C)C[C@@H](C)CC(=O)OC(C)(C)C. The summed E-state index contributed by atoms with van der Waals surface area (Å²) in [5, 5.41) is 0. The number of methoxy groups -OCH3 is 1. The Kier molecular flexibility index (Phi) is 11.5. The fourth-order valence-electron chi connectivity index (χ4n) is 2.86. The van der Waals surface area contributed by atoms with Crippen molar-refractivity contribution in [2.45, 2.75) is 73.0 Å². The molecule has 0 spiro atoms. The molecule has 0 amide bonds. The molecule has 0 N–H and O–H groups in total. The molecular formula is C19H38O5. The fraction of sp³-hybridized carbons (Fsp3) is 0.947. The lowest BCUT2D eigenvalue weighted by Gasteiger charge is -2.29. The summed E-state index contributed by atoms with van der Waals surface area (Å²) in [6.07, 6.45) is 1.46. The van der Waals surface area contributed by atoms with Crippen LogP contribution in [0.15, 0.2) is 0 Å². The Labute approximate surface area is 148 Å². The number of hydrogen-bond acceptors (Lipinski definition) is 5. The molecule has 3 atom stereocenters. The zero-order chi connectivity index (χ0) is 18.8. The van der Waals surface area contributed by atoms with Crippen LogP contribution in [-0.4, -0.2) is 44.8 Å². The van der Waals surface area contributed by atoms with Crippen molar-refractivity contribution in [3.63, 3.8) is 0 Å². The third-order valence-electron chi connectivity index (χ3n) is 3.70. The van der Waals surface area contributed by atoms with Crippen molar-refractivity contribution < 1.29 is 23.7 Å². The smallest absolute Gasteiger partial charge is 0.306 e.